The van der Waals surface area contributed by atoms with E-state index in [1.165, 1.54) is 7.05 Å². The molecule has 0 aliphatic rings. The Labute approximate surface area is 108 Å². The molecule has 1 heterocycles. The summed E-state index contributed by atoms with van der Waals surface area (Å²) in [6, 6.07) is 6.51. The van der Waals surface area contributed by atoms with E-state index in [9.17, 15) is 9.59 Å². The fourth-order valence-electron chi connectivity index (χ4n) is 1.45. The number of carbonyl (C=O) groups is 2. The number of benzene rings is 1. The van der Waals surface area contributed by atoms with Gasteiger partial charge in [-0.15, -0.1) is 5.10 Å². The second-order valence-corrected chi connectivity index (χ2v) is 3.66. The number of nitrogens with two attached hydrogens (primary N) is 1. The summed E-state index contributed by atoms with van der Waals surface area (Å²) in [7, 11) is 1.53. The number of nitrogens with one attached hydrogen (secondary N) is 3. The first-order valence-electron chi connectivity index (χ1n) is 5.41. The molecule has 1 aromatic carbocycles. The van der Waals surface area contributed by atoms with Crippen molar-refractivity contribution >= 4 is 23.5 Å². The fraction of sp³-hybridized carbons (Fsp3) is 0.0909. The lowest BCUT2D eigenvalue weighted by atomic mass is 10.2. The van der Waals surface area contributed by atoms with Crippen LogP contribution in [0.2, 0.25) is 0 Å². The predicted molar refractivity (Wildman–Crippen MR) is 68.6 cm³/mol. The second-order valence-electron chi connectivity index (χ2n) is 3.66. The maximum Gasteiger partial charge on any atom is 0.293 e. The summed E-state index contributed by atoms with van der Waals surface area (Å²) in [5.74, 6) is -0.731. The molecule has 0 saturated carbocycles. The van der Waals surface area contributed by atoms with E-state index in [0.717, 1.165) is 0 Å². The Morgan fingerprint density at radius 2 is 2.11 bits per heavy atom. The van der Waals surface area contributed by atoms with Gasteiger partial charge < -0.3 is 16.4 Å². The van der Waals surface area contributed by atoms with Crippen LogP contribution in [0.5, 0.6) is 0 Å². The first-order valence-corrected chi connectivity index (χ1v) is 5.41. The lowest BCUT2D eigenvalue weighted by molar-refractivity contribution is 0.0961. The molecule has 0 saturated heterocycles. The maximum atomic E-state index is 11.8. The molecule has 0 aliphatic carbocycles. The van der Waals surface area contributed by atoms with Gasteiger partial charge in [-0.2, -0.15) is 4.98 Å². The van der Waals surface area contributed by atoms with Gasteiger partial charge in [0.2, 0.25) is 11.8 Å². The summed E-state index contributed by atoms with van der Waals surface area (Å²) in [6.07, 6.45) is 0. The highest BCUT2D eigenvalue weighted by Crippen LogP contribution is 2.11. The van der Waals surface area contributed by atoms with Crippen LogP contribution in [0.4, 0.5) is 11.6 Å². The van der Waals surface area contributed by atoms with Crippen molar-refractivity contribution in [3.05, 3.63) is 35.7 Å². The molecule has 0 radical (unpaired) electrons. The van der Waals surface area contributed by atoms with Gasteiger partial charge in [0, 0.05) is 18.3 Å². The first-order chi connectivity index (χ1) is 9.10. The predicted octanol–water partition coefficient (Wildman–Crippen LogP) is -0.00120. The molecule has 2 rings (SSSR count). The Kier molecular flexibility index (Phi) is 3.42. The number of hydrogen-bond donors (Lipinski definition) is 4. The first kappa shape index (κ1) is 12.6. The van der Waals surface area contributed by atoms with Gasteiger partial charge >= 0.3 is 0 Å². The van der Waals surface area contributed by atoms with Crippen LogP contribution in [0, 0.1) is 0 Å². The Morgan fingerprint density at radius 3 is 2.74 bits per heavy atom. The minimum atomic E-state index is -0.488. The fourth-order valence-corrected chi connectivity index (χ4v) is 1.45. The van der Waals surface area contributed by atoms with Crippen molar-refractivity contribution in [1.82, 2.24) is 20.5 Å². The molecular formula is C11H12N6O2. The van der Waals surface area contributed by atoms with Crippen molar-refractivity contribution in [2.45, 2.75) is 0 Å². The lowest BCUT2D eigenvalue weighted by Crippen LogP contribution is -2.18. The SMILES string of the molecule is CNC(=O)c1cccc(NC(=O)c2nc(N)n[nH]2)c1. The number of hydrogen-bond acceptors (Lipinski definition) is 5. The van der Waals surface area contributed by atoms with Crippen molar-refractivity contribution in [3.63, 3.8) is 0 Å². The van der Waals surface area contributed by atoms with Crippen LogP contribution >= 0.6 is 0 Å². The third-order valence-corrected chi connectivity index (χ3v) is 2.33. The molecule has 0 unspecified atom stereocenters. The maximum absolute atomic E-state index is 11.8. The Hall–Kier alpha value is -2.90. The lowest BCUT2D eigenvalue weighted by Gasteiger charge is -2.05. The number of amides is 2. The van der Waals surface area contributed by atoms with Crippen molar-refractivity contribution < 1.29 is 9.59 Å². The molecule has 1 aromatic heterocycles. The Balaban J connectivity index is 2.15. The number of rotatable bonds is 3. The van der Waals surface area contributed by atoms with Crippen LogP contribution in [-0.2, 0) is 0 Å². The van der Waals surface area contributed by atoms with Gasteiger partial charge in [-0.1, -0.05) is 6.07 Å². The van der Waals surface area contributed by atoms with Crippen molar-refractivity contribution in [1.29, 1.82) is 0 Å². The topological polar surface area (TPSA) is 126 Å². The van der Waals surface area contributed by atoms with Crippen LogP contribution in [0.25, 0.3) is 0 Å². The molecule has 8 heteroatoms. The van der Waals surface area contributed by atoms with Gasteiger partial charge in [-0.05, 0) is 18.2 Å². The van der Waals surface area contributed by atoms with Gasteiger partial charge in [0.1, 0.15) is 0 Å². The zero-order chi connectivity index (χ0) is 13.8. The van der Waals surface area contributed by atoms with Crippen molar-refractivity contribution in [3.8, 4) is 0 Å². The summed E-state index contributed by atoms with van der Waals surface area (Å²) in [5.41, 5.74) is 6.22. The van der Waals surface area contributed by atoms with Gasteiger partial charge in [-0.3, -0.25) is 14.7 Å². The Morgan fingerprint density at radius 1 is 1.32 bits per heavy atom. The average Bonchev–Trinajstić information content (AvgIpc) is 2.85. The number of anilines is 2. The van der Waals surface area contributed by atoms with Crippen LogP contribution < -0.4 is 16.4 Å². The van der Waals surface area contributed by atoms with E-state index in [4.69, 9.17) is 5.73 Å². The van der Waals surface area contributed by atoms with Gasteiger partial charge in [-0.25, -0.2) is 0 Å². The molecule has 2 aromatic rings. The van der Waals surface area contributed by atoms with Gasteiger partial charge in [0.15, 0.2) is 0 Å². The number of H-pyrrole nitrogens is 1. The minimum Gasteiger partial charge on any atom is -0.366 e. The summed E-state index contributed by atoms with van der Waals surface area (Å²) in [5, 5.41) is 11.0. The Bertz CT molecular complexity index is 621. The second kappa shape index (κ2) is 5.17. The van der Waals surface area contributed by atoms with Crippen molar-refractivity contribution in [2.75, 3.05) is 18.1 Å². The summed E-state index contributed by atoms with van der Waals surface area (Å²) in [4.78, 5) is 26.9. The monoisotopic (exact) mass is 260 g/mol. The number of carbonyl (C=O) groups excluding carboxylic acids is 2. The van der Waals surface area contributed by atoms with Crippen molar-refractivity contribution in [2.24, 2.45) is 0 Å². The largest absolute Gasteiger partial charge is 0.366 e. The van der Waals surface area contributed by atoms with Gasteiger partial charge in [0.25, 0.3) is 11.8 Å². The molecule has 0 aliphatic heterocycles. The zero-order valence-corrected chi connectivity index (χ0v) is 10.1. The molecular weight excluding hydrogens is 248 g/mol. The molecule has 0 spiro atoms. The van der Waals surface area contributed by atoms with Crippen LogP contribution in [0.3, 0.4) is 0 Å². The normalized spacial score (nSPS) is 9.95. The molecule has 2 amide bonds. The zero-order valence-electron chi connectivity index (χ0n) is 10.1. The highest BCUT2D eigenvalue weighted by molar-refractivity contribution is 6.02. The number of nitrogen functional groups attached to an aromatic ring is 1. The quantitative estimate of drug-likeness (QED) is 0.618. The molecule has 0 bridgehead atoms. The minimum absolute atomic E-state index is 0.00264. The standard InChI is InChI=1S/C11H12N6O2/c1-13-9(18)6-3-2-4-7(5-6)14-10(19)8-15-11(12)17-16-8/h2-5H,1H3,(H,13,18)(H,14,19)(H3,12,15,16,17). The molecule has 0 fully saturated rings. The molecule has 19 heavy (non-hydrogen) atoms. The van der Waals surface area contributed by atoms with E-state index in [1.807, 2.05) is 0 Å². The molecule has 8 nitrogen and oxygen atoms in total. The summed E-state index contributed by atoms with van der Waals surface area (Å²) < 4.78 is 0. The van der Waals surface area contributed by atoms with E-state index >= 15 is 0 Å². The highest BCUT2D eigenvalue weighted by atomic mass is 16.2. The van der Waals surface area contributed by atoms with E-state index < -0.39 is 5.91 Å². The van der Waals surface area contributed by atoms with Gasteiger partial charge in [0.05, 0.1) is 0 Å². The molecule has 98 valence electrons. The summed E-state index contributed by atoms with van der Waals surface area (Å²) >= 11 is 0. The molecule has 0 atom stereocenters. The third kappa shape index (κ3) is 2.86. The number of aromatic nitrogens is 3. The third-order valence-electron chi connectivity index (χ3n) is 2.33. The van der Waals surface area contributed by atoms with E-state index in [1.54, 1.807) is 24.3 Å². The van der Waals surface area contributed by atoms with E-state index in [2.05, 4.69) is 25.8 Å². The van der Waals surface area contributed by atoms with Crippen LogP contribution in [0.1, 0.15) is 21.0 Å². The summed E-state index contributed by atoms with van der Waals surface area (Å²) in [6.45, 7) is 0. The van der Waals surface area contributed by atoms with Crippen LogP contribution in [-0.4, -0.2) is 34.0 Å². The van der Waals surface area contributed by atoms with E-state index in [0.29, 0.717) is 11.3 Å². The number of nitrogens with zero attached hydrogens (tertiary/aromatic N) is 2. The smallest absolute Gasteiger partial charge is 0.293 e. The van der Waals surface area contributed by atoms with E-state index in [-0.39, 0.29) is 17.7 Å². The average molecular weight is 260 g/mol. The molecule has 5 N–H and O–H groups in total. The number of aromatic amines is 1. The highest BCUT2D eigenvalue weighted by Gasteiger charge is 2.11. The van der Waals surface area contributed by atoms with Crippen LogP contribution in [0.15, 0.2) is 24.3 Å².